The Balaban J connectivity index is 2.71. The van der Waals surface area contributed by atoms with Gasteiger partial charge in [0, 0.05) is 11.1 Å². The topological polar surface area (TPSA) is 50.2 Å². The van der Waals surface area contributed by atoms with E-state index in [0.717, 1.165) is 17.5 Å². The van der Waals surface area contributed by atoms with Crippen molar-refractivity contribution in [3.63, 3.8) is 0 Å². The number of hydrogen-bond donors (Lipinski definition) is 1. The molecule has 0 radical (unpaired) electrons. The van der Waals surface area contributed by atoms with E-state index in [1.165, 1.54) is 6.07 Å². The Morgan fingerprint density at radius 1 is 1.44 bits per heavy atom. The molecule has 2 rings (SSSR count). The number of rotatable bonds is 2. The Morgan fingerprint density at radius 2 is 2.19 bits per heavy atom. The van der Waals surface area contributed by atoms with Crippen molar-refractivity contribution < 1.29 is 9.90 Å². The smallest absolute Gasteiger partial charge is 0.335 e. The van der Waals surface area contributed by atoms with Crippen molar-refractivity contribution in [2.75, 3.05) is 0 Å². The van der Waals surface area contributed by atoms with Gasteiger partial charge in [-0.25, -0.2) is 4.79 Å². The number of aromatic carboxylic acids is 1. The fourth-order valence-electron chi connectivity index (χ4n) is 1.55. The Kier molecular flexibility index (Phi) is 2.79. The number of carbonyl (C=O) groups is 1. The molecule has 1 aromatic heterocycles. The van der Waals surface area contributed by atoms with Gasteiger partial charge in [-0.3, -0.25) is 4.98 Å². The van der Waals surface area contributed by atoms with Crippen LogP contribution in [-0.4, -0.2) is 16.1 Å². The first-order valence-corrected chi connectivity index (χ1v) is 5.32. The molecule has 2 aromatic rings. The molecule has 16 heavy (non-hydrogen) atoms. The van der Waals surface area contributed by atoms with Gasteiger partial charge in [0.2, 0.25) is 0 Å². The van der Waals surface area contributed by atoms with Crippen molar-refractivity contribution in [1.82, 2.24) is 4.98 Å². The molecule has 0 unspecified atom stereocenters. The van der Waals surface area contributed by atoms with Crippen molar-refractivity contribution >= 4 is 28.5 Å². The minimum atomic E-state index is -0.957. The minimum absolute atomic E-state index is 0.226. The summed E-state index contributed by atoms with van der Waals surface area (Å²) in [6, 6.07) is 6.57. The first kappa shape index (κ1) is 10.9. The maximum atomic E-state index is 10.8. The quantitative estimate of drug-likeness (QED) is 0.870. The third kappa shape index (κ3) is 1.86. The summed E-state index contributed by atoms with van der Waals surface area (Å²) in [7, 11) is 0. The van der Waals surface area contributed by atoms with E-state index >= 15 is 0 Å². The first-order chi connectivity index (χ1) is 7.61. The number of benzene rings is 1. The summed E-state index contributed by atoms with van der Waals surface area (Å²) in [6.45, 7) is 1.98. The lowest BCUT2D eigenvalue weighted by molar-refractivity contribution is 0.0697. The third-order valence-corrected chi connectivity index (χ3v) is 2.73. The van der Waals surface area contributed by atoms with Gasteiger partial charge in [-0.05, 0) is 24.6 Å². The SMILES string of the molecule is CCc1cc(Cl)c2ccc(C(=O)O)cc2n1. The van der Waals surface area contributed by atoms with E-state index < -0.39 is 5.97 Å². The molecule has 0 spiro atoms. The molecule has 0 aliphatic rings. The van der Waals surface area contributed by atoms with Crippen LogP contribution in [0.1, 0.15) is 23.0 Å². The average Bonchev–Trinajstić information content (AvgIpc) is 2.28. The number of halogens is 1. The number of pyridine rings is 1. The maximum Gasteiger partial charge on any atom is 0.335 e. The standard InChI is InChI=1S/C12H10ClNO2/c1-2-8-6-10(13)9-4-3-7(12(15)16)5-11(9)14-8/h3-6H,2H2,1H3,(H,15,16). The number of carboxylic acids is 1. The summed E-state index contributed by atoms with van der Waals surface area (Å²) in [5.41, 5.74) is 1.72. The van der Waals surface area contributed by atoms with E-state index in [9.17, 15) is 4.79 Å². The van der Waals surface area contributed by atoms with Crippen molar-refractivity contribution in [3.8, 4) is 0 Å². The van der Waals surface area contributed by atoms with Gasteiger partial charge in [-0.15, -0.1) is 0 Å². The molecule has 0 saturated carbocycles. The maximum absolute atomic E-state index is 10.8. The highest BCUT2D eigenvalue weighted by molar-refractivity contribution is 6.35. The van der Waals surface area contributed by atoms with Crippen LogP contribution < -0.4 is 0 Å². The molecule has 0 fully saturated rings. The van der Waals surface area contributed by atoms with Crippen molar-refractivity contribution in [2.24, 2.45) is 0 Å². The highest BCUT2D eigenvalue weighted by Gasteiger charge is 2.07. The summed E-state index contributed by atoms with van der Waals surface area (Å²) in [5.74, 6) is -0.957. The Hall–Kier alpha value is -1.61. The van der Waals surface area contributed by atoms with E-state index in [0.29, 0.717) is 10.5 Å². The van der Waals surface area contributed by atoms with Gasteiger partial charge >= 0.3 is 5.97 Å². The average molecular weight is 236 g/mol. The Labute approximate surface area is 97.7 Å². The molecule has 0 bridgehead atoms. The van der Waals surface area contributed by atoms with Gasteiger partial charge in [0.1, 0.15) is 0 Å². The molecule has 0 atom stereocenters. The molecule has 0 saturated heterocycles. The molecule has 0 amide bonds. The Bertz CT molecular complexity index is 566. The van der Waals surface area contributed by atoms with Crippen LogP contribution >= 0.6 is 11.6 Å². The zero-order valence-electron chi connectivity index (χ0n) is 8.70. The van der Waals surface area contributed by atoms with Crippen LogP contribution in [0.3, 0.4) is 0 Å². The van der Waals surface area contributed by atoms with Crippen LogP contribution in [0.4, 0.5) is 0 Å². The molecule has 0 aliphatic carbocycles. The summed E-state index contributed by atoms with van der Waals surface area (Å²) in [5, 5.41) is 10.3. The third-order valence-electron chi connectivity index (χ3n) is 2.42. The van der Waals surface area contributed by atoms with Gasteiger partial charge in [0.15, 0.2) is 0 Å². The van der Waals surface area contributed by atoms with Crippen LogP contribution in [0.15, 0.2) is 24.3 Å². The van der Waals surface area contributed by atoms with E-state index in [2.05, 4.69) is 4.98 Å². The van der Waals surface area contributed by atoms with Crippen LogP contribution in [-0.2, 0) is 6.42 Å². The van der Waals surface area contributed by atoms with Gasteiger partial charge in [0.05, 0.1) is 16.1 Å². The Morgan fingerprint density at radius 3 is 2.81 bits per heavy atom. The minimum Gasteiger partial charge on any atom is -0.478 e. The molecule has 1 N–H and O–H groups in total. The molecule has 3 nitrogen and oxygen atoms in total. The number of aryl methyl sites for hydroxylation is 1. The fourth-order valence-corrected chi connectivity index (χ4v) is 1.84. The molecular formula is C12H10ClNO2. The van der Waals surface area contributed by atoms with Crippen molar-refractivity contribution in [2.45, 2.75) is 13.3 Å². The summed E-state index contributed by atoms with van der Waals surface area (Å²) in [4.78, 5) is 15.2. The normalized spacial score (nSPS) is 10.6. The van der Waals surface area contributed by atoms with Crippen molar-refractivity contribution in [1.29, 1.82) is 0 Å². The van der Waals surface area contributed by atoms with Gasteiger partial charge < -0.3 is 5.11 Å². The molecule has 82 valence electrons. The zero-order chi connectivity index (χ0) is 11.7. The van der Waals surface area contributed by atoms with Gasteiger partial charge in [0.25, 0.3) is 0 Å². The van der Waals surface area contributed by atoms with Crippen LogP contribution in [0.25, 0.3) is 10.9 Å². The number of aromatic nitrogens is 1. The second kappa shape index (κ2) is 4.10. The van der Waals surface area contributed by atoms with Crippen LogP contribution in [0, 0.1) is 0 Å². The molecule has 0 aliphatic heterocycles. The van der Waals surface area contributed by atoms with Crippen LogP contribution in [0.2, 0.25) is 5.02 Å². The number of carboxylic acid groups (broad SMARTS) is 1. The second-order valence-electron chi connectivity index (χ2n) is 3.49. The van der Waals surface area contributed by atoms with Crippen LogP contribution in [0.5, 0.6) is 0 Å². The molecule has 4 heteroatoms. The molecule has 1 heterocycles. The first-order valence-electron chi connectivity index (χ1n) is 4.94. The number of fused-ring (bicyclic) bond motifs is 1. The molecular weight excluding hydrogens is 226 g/mol. The second-order valence-corrected chi connectivity index (χ2v) is 3.89. The zero-order valence-corrected chi connectivity index (χ0v) is 9.45. The highest BCUT2D eigenvalue weighted by atomic mass is 35.5. The number of nitrogens with zero attached hydrogens (tertiary/aromatic N) is 1. The predicted octanol–water partition coefficient (Wildman–Crippen LogP) is 3.15. The summed E-state index contributed by atoms with van der Waals surface area (Å²) in [6.07, 6.45) is 0.771. The van der Waals surface area contributed by atoms with Gasteiger partial charge in [-0.2, -0.15) is 0 Å². The lowest BCUT2D eigenvalue weighted by atomic mass is 10.1. The fraction of sp³-hybridized carbons (Fsp3) is 0.167. The van der Waals surface area contributed by atoms with E-state index in [1.807, 2.05) is 13.0 Å². The summed E-state index contributed by atoms with van der Waals surface area (Å²) >= 11 is 6.09. The predicted molar refractivity (Wildman–Crippen MR) is 63.1 cm³/mol. The van der Waals surface area contributed by atoms with E-state index in [-0.39, 0.29) is 5.56 Å². The summed E-state index contributed by atoms with van der Waals surface area (Å²) < 4.78 is 0. The highest BCUT2D eigenvalue weighted by Crippen LogP contribution is 2.24. The van der Waals surface area contributed by atoms with E-state index in [1.54, 1.807) is 12.1 Å². The number of hydrogen-bond acceptors (Lipinski definition) is 2. The molecule has 1 aromatic carbocycles. The van der Waals surface area contributed by atoms with Crippen molar-refractivity contribution in [3.05, 3.63) is 40.5 Å². The van der Waals surface area contributed by atoms with Gasteiger partial charge in [-0.1, -0.05) is 24.6 Å². The largest absolute Gasteiger partial charge is 0.478 e. The monoisotopic (exact) mass is 235 g/mol. The van der Waals surface area contributed by atoms with E-state index in [4.69, 9.17) is 16.7 Å². The lowest BCUT2D eigenvalue weighted by Gasteiger charge is -2.04. The lowest BCUT2D eigenvalue weighted by Crippen LogP contribution is -1.97.